The first-order valence-corrected chi connectivity index (χ1v) is 6.29. The molecule has 1 heterocycles. The van der Waals surface area contributed by atoms with Crippen molar-refractivity contribution in [1.29, 1.82) is 0 Å². The van der Waals surface area contributed by atoms with Crippen molar-refractivity contribution in [2.24, 2.45) is 0 Å². The highest BCUT2D eigenvalue weighted by molar-refractivity contribution is 7.89. The minimum Gasteiger partial charge on any atom is -0.481 e. The Morgan fingerprint density at radius 2 is 2.27 bits per heavy atom. The van der Waals surface area contributed by atoms with E-state index >= 15 is 0 Å². The minimum absolute atomic E-state index is 0.130. The number of carboxylic acid groups (broad SMARTS) is 1. The molecule has 0 radical (unpaired) electrons. The van der Waals surface area contributed by atoms with Gasteiger partial charge in [0.25, 0.3) is 0 Å². The third kappa shape index (κ3) is 3.44. The van der Waals surface area contributed by atoms with Crippen molar-refractivity contribution in [3.63, 3.8) is 0 Å². The van der Waals surface area contributed by atoms with Crippen molar-refractivity contribution >= 4 is 16.0 Å². The Labute approximate surface area is 88.9 Å². The quantitative estimate of drug-likeness (QED) is 0.697. The third-order valence-corrected chi connectivity index (χ3v) is 4.27. The van der Waals surface area contributed by atoms with Gasteiger partial charge in [0.2, 0.25) is 10.0 Å². The number of hydrogen-bond acceptors (Lipinski definition) is 4. The van der Waals surface area contributed by atoms with Crippen molar-refractivity contribution in [2.75, 3.05) is 26.0 Å². The molecule has 7 heteroatoms. The highest BCUT2D eigenvalue weighted by atomic mass is 32.2. The molecule has 6 nitrogen and oxygen atoms in total. The first-order valence-electron chi connectivity index (χ1n) is 4.68. The summed E-state index contributed by atoms with van der Waals surface area (Å²) >= 11 is 0. The SMILES string of the molecule is COC(CC(=O)O)CN1CCCS1(=O)=O. The van der Waals surface area contributed by atoms with E-state index in [1.165, 1.54) is 11.4 Å². The second-order valence-electron chi connectivity index (χ2n) is 3.48. The Bertz CT molecular complexity index is 326. The number of ether oxygens (including phenoxy) is 1. The number of methoxy groups -OCH3 is 1. The van der Waals surface area contributed by atoms with Crippen molar-refractivity contribution in [3.8, 4) is 0 Å². The number of carbonyl (C=O) groups is 1. The summed E-state index contributed by atoms with van der Waals surface area (Å²) in [7, 11) is -1.78. The summed E-state index contributed by atoms with van der Waals surface area (Å²) in [5.41, 5.74) is 0. The van der Waals surface area contributed by atoms with Crippen molar-refractivity contribution < 1.29 is 23.1 Å². The molecule has 15 heavy (non-hydrogen) atoms. The first kappa shape index (κ1) is 12.4. The summed E-state index contributed by atoms with van der Waals surface area (Å²) in [5.74, 6) is -0.838. The van der Waals surface area contributed by atoms with E-state index in [0.717, 1.165) is 0 Å². The fourth-order valence-electron chi connectivity index (χ4n) is 1.54. The minimum atomic E-state index is -3.17. The predicted octanol–water partition coefficient (Wildman–Crippen LogP) is -0.488. The average molecular weight is 237 g/mol. The van der Waals surface area contributed by atoms with Gasteiger partial charge in [-0.3, -0.25) is 4.79 Å². The average Bonchev–Trinajstić information content (AvgIpc) is 2.44. The maximum atomic E-state index is 11.4. The number of aliphatic carboxylic acids is 1. The van der Waals surface area contributed by atoms with Gasteiger partial charge in [0.1, 0.15) is 0 Å². The lowest BCUT2D eigenvalue weighted by Gasteiger charge is -2.20. The molecule has 1 fully saturated rings. The molecule has 0 aromatic heterocycles. The second-order valence-corrected chi connectivity index (χ2v) is 5.57. The summed E-state index contributed by atoms with van der Waals surface area (Å²) in [5, 5.41) is 8.57. The molecule has 1 atom stereocenters. The predicted molar refractivity (Wildman–Crippen MR) is 53.0 cm³/mol. The normalized spacial score (nSPS) is 22.7. The van der Waals surface area contributed by atoms with E-state index in [9.17, 15) is 13.2 Å². The fourth-order valence-corrected chi connectivity index (χ4v) is 3.09. The van der Waals surface area contributed by atoms with Crippen LogP contribution in [0.25, 0.3) is 0 Å². The van der Waals surface area contributed by atoms with Crippen LogP contribution in [0.1, 0.15) is 12.8 Å². The van der Waals surface area contributed by atoms with E-state index in [1.54, 1.807) is 0 Å². The lowest BCUT2D eigenvalue weighted by molar-refractivity contribution is -0.139. The van der Waals surface area contributed by atoms with Crippen LogP contribution in [0.5, 0.6) is 0 Å². The Hall–Kier alpha value is -0.660. The second kappa shape index (κ2) is 4.91. The molecule has 0 aromatic rings. The van der Waals surface area contributed by atoms with Crippen LogP contribution < -0.4 is 0 Å². The Morgan fingerprint density at radius 1 is 1.60 bits per heavy atom. The van der Waals surface area contributed by atoms with Gasteiger partial charge in [-0.05, 0) is 6.42 Å². The van der Waals surface area contributed by atoms with E-state index in [0.29, 0.717) is 13.0 Å². The summed E-state index contributed by atoms with van der Waals surface area (Å²) in [6, 6.07) is 0. The van der Waals surface area contributed by atoms with Gasteiger partial charge in [-0.15, -0.1) is 0 Å². The Morgan fingerprint density at radius 3 is 2.67 bits per heavy atom. The molecule has 0 amide bonds. The number of rotatable bonds is 5. The molecular weight excluding hydrogens is 222 g/mol. The van der Waals surface area contributed by atoms with Crippen LogP contribution in [0.2, 0.25) is 0 Å². The van der Waals surface area contributed by atoms with E-state index in [2.05, 4.69) is 0 Å². The van der Waals surface area contributed by atoms with Gasteiger partial charge in [0.05, 0.1) is 18.3 Å². The summed E-state index contributed by atoms with van der Waals surface area (Å²) in [6.45, 7) is 0.590. The third-order valence-electron chi connectivity index (χ3n) is 2.35. The van der Waals surface area contributed by atoms with Gasteiger partial charge in [-0.1, -0.05) is 0 Å². The first-order chi connectivity index (χ1) is 6.95. The van der Waals surface area contributed by atoms with Crippen LogP contribution in [0.4, 0.5) is 0 Å². The van der Waals surface area contributed by atoms with Crippen LogP contribution in [0, 0.1) is 0 Å². The summed E-state index contributed by atoms with van der Waals surface area (Å²) < 4.78 is 29.1. The van der Waals surface area contributed by atoms with Crippen LogP contribution in [0.3, 0.4) is 0 Å². The standard InChI is InChI=1S/C8H15NO5S/c1-14-7(5-8(10)11)6-9-3-2-4-15(9,12)13/h7H,2-6H2,1H3,(H,10,11). The summed E-state index contributed by atoms with van der Waals surface area (Å²) in [6.07, 6.45) is -0.149. The van der Waals surface area contributed by atoms with Gasteiger partial charge in [0.15, 0.2) is 0 Å². The molecule has 1 aliphatic heterocycles. The number of carboxylic acids is 1. The van der Waals surface area contributed by atoms with Gasteiger partial charge in [-0.25, -0.2) is 8.42 Å². The molecule has 0 saturated carbocycles. The number of sulfonamides is 1. The molecule has 0 bridgehead atoms. The van der Waals surface area contributed by atoms with Crippen molar-refractivity contribution in [3.05, 3.63) is 0 Å². The van der Waals surface area contributed by atoms with Crippen LogP contribution >= 0.6 is 0 Å². The molecule has 1 aliphatic rings. The summed E-state index contributed by atoms with van der Waals surface area (Å²) in [4.78, 5) is 10.5. The zero-order valence-electron chi connectivity index (χ0n) is 8.55. The zero-order chi connectivity index (χ0) is 11.5. The molecule has 88 valence electrons. The molecule has 0 aliphatic carbocycles. The van der Waals surface area contributed by atoms with Crippen LogP contribution in [-0.2, 0) is 19.6 Å². The van der Waals surface area contributed by atoms with E-state index in [4.69, 9.17) is 9.84 Å². The smallest absolute Gasteiger partial charge is 0.306 e. The largest absolute Gasteiger partial charge is 0.481 e. The molecule has 1 rings (SSSR count). The molecule has 0 spiro atoms. The van der Waals surface area contributed by atoms with Crippen LogP contribution in [0.15, 0.2) is 0 Å². The van der Waals surface area contributed by atoms with E-state index in [-0.39, 0.29) is 18.7 Å². The number of nitrogens with zero attached hydrogens (tertiary/aromatic N) is 1. The van der Waals surface area contributed by atoms with E-state index in [1.807, 2.05) is 0 Å². The van der Waals surface area contributed by atoms with Crippen LogP contribution in [-0.4, -0.2) is 55.9 Å². The van der Waals surface area contributed by atoms with Gasteiger partial charge in [-0.2, -0.15) is 4.31 Å². The lowest BCUT2D eigenvalue weighted by Crippen LogP contribution is -2.35. The fraction of sp³-hybridized carbons (Fsp3) is 0.875. The topological polar surface area (TPSA) is 83.9 Å². The van der Waals surface area contributed by atoms with Gasteiger partial charge >= 0.3 is 5.97 Å². The van der Waals surface area contributed by atoms with Gasteiger partial charge in [0, 0.05) is 20.2 Å². The Balaban J connectivity index is 2.55. The molecule has 1 N–H and O–H groups in total. The van der Waals surface area contributed by atoms with Crippen molar-refractivity contribution in [2.45, 2.75) is 18.9 Å². The molecule has 1 unspecified atom stereocenters. The lowest BCUT2D eigenvalue weighted by atomic mass is 10.2. The Kier molecular flexibility index (Phi) is 4.06. The number of hydrogen-bond donors (Lipinski definition) is 1. The maximum absolute atomic E-state index is 11.4. The van der Waals surface area contributed by atoms with Crippen molar-refractivity contribution in [1.82, 2.24) is 4.31 Å². The molecule has 0 aromatic carbocycles. The highest BCUT2D eigenvalue weighted by Crippen LogP contribution is 2.15. The van der Waals surface area contributed by atoms with E-state index < -0.39 is 22.1 Å². The molecule has 1 saturated heterocycles. The highest BCUT2D eigenvalue weighted by Gasteiger charge is 2.30. The molecular formula is C8H15NO5S. The van der Waals surface area contributed by atoms with Gasteiger partial charge < -0.3 is 9.84 Å². The zero-order valence-corrected chi connectivity index (χ0v) is 9.37. The maximum Gasteiger partial charge on any atom is 0.306 e. The monoisotopic (exact) mass is 237 g/mol.